The first-order chi connectivity index (χ1) is 24.2. The van der Waals surface area contributed by atoms with Crippen LogP contribution in [0.15, 0.2) is 61.3 Å². The number of hydrogen-bond donors (Lipinski definition) is 2. The van der Waals surface area contributed by atoms with Gasteiger partial charge in [-0.3, -0.25) is 9.88 Å². The lowest BCUT2D eigenvalue weighted by Gasteiger charge is -2.37. The van der Waals surface area contributed by atoms with Crippen molar-refractivity contribution < 1.29 is 36.9 Å². The Hall–Kier alpha value is -5.16. The van der Waals surface area contributed by atoms with Crippen LogP contribution in [0.2, 0.25) is 0 Å². The lowest BCUT2D eigenvalue weighted by atomic mass is 9.90. The van der Waals surface area contributed by atoms with Gasteiger partial charge >= 0.3 is 18.2 Å². The monoisotopic (exact) mass is 695 g/mol. The van der Waals surface area contributed by atoms with Crippen molar-refractivity contribution in [1.29, 1.82) is 0 Å². The topological polar surface area (TPSA) is 159 Å². The van der Waals surface area contributed by atoms with E-state index in [2.05, 4.69) is 40.5 Å². The maximum atomic E-state index is 14.1. The van der Waals surface area contributed by atoms with Crippen LogP contribution in [0, 0.1) is 0 Å². The molecule has 17 heteroatoms. The van der Waals surface area contributed by atoms with Gasteiger partial charge in [0.15, 0.2) is 5.82 Å². The summed E-state index contributed by atoms with van der Waals surface area (Å²) >= 11 is 0. The fourth-order valence-electron chi connectivity index (χ4n) is 5.72. The zero-order valence-corrected chi connectivity index (χ0v) is 27.3. The fraction of sp³-hybridized carbons (Fsp3) is 0.424. The zero-order valence-electron chi connectivity index (χ0n) is 27.3. The average Bonchev–Trinajstić information content (AvgIpc) is 3.11. The minimum Gasteiger partial charge on any atom is -0.469 e. The van der Waals surface area contributed by atoms with Gasteiger partial charge in [0, 0.05) is 43.3 Å². The van der Waals surface area contributed by atoms with Crippen LogP contribution in [0.25, 0.3) is 11.3 Å². The molecule has 2 fully saturated rings. The van der Waals surface area contributed by atoms with Gasteiger partial charge in [-0.25, -0.2) is 24.7 Å². The van der Waals surface area contributed by atoms with Gasteiger partial charge in [0.05, 0.1) is 51.1 Å². The summed E-state index contributed by atoms with van der Waals surface area (Å²) in [5, 5.41) is 6.26. The molecule has 2 amide bonds. The van der Waals surface area contributed by atoms with Gasteiger partial charge in [-0.2, -0.15) is 18.2 Å². The van der Waals surface area contributed by atoms with Crippen LogP contribution in [-0.2, 0) is 15.7 Å². The summed E-state index contributed by atoms with van der Waals surface area (Å²) < 4.78 is 61.8. The normalized spacial score (nSPS) is 18.4. The van der Waals surface area contributed by atoms with Gasteiger partial charge in [-0.15, -0.1) is 0 Å². The SMILES string of the molecule is COC[C@H](NC(=O)N(c1cnc(-c2cnc(OC)nc2)cn1)C1CCC(Nc2ncc(C(F)(F)F)c(OC3COC3)n2)CC1)c1ccccc1. The Morgan fingerprint density at radius 1 is 0.960 bits per heavy atom. The van der Waals surface area contributed by atoms with Crippen molar-refractivity contribution in [2.24, 2.45) is 0 Å². The largest absolute Gasteiger partial charge is 0.469 e. The number of carbonyl (C=O) groups is 1. The van der Waals surface area contributed by atoms with Gasteiger partial charge in [-0.1, -0.05) is 30.3 Å². The van der Waals surface area contributed by atoms with E-state index in [4.69, 9.17) is 18.9 Å². The first-order valence-electron chi connectivity index (χ1n) is 16.0. The number of carbonyl (C=O) groups excluding carboxylic acids is 1. The number of nitrogens with zero attached hydrogens (tertiary/aromatic N) is 7. The summed E-state index contributed by atoms with van der Waals surface area (Å²) in [4.78, 5) is 41.1. The number of hydrogen-bond acceptors (Lipinski definition) is 12. The second kappa shape index (κ2) is 15.6. The number of urea groups is 1. The van der Waals surface area contributed by atoms with Crippen LogP contribution in [0.5, 0.6) is 11.9 Å². The van der Waals surface area contributed by atoms with Gasteiger partial charge in [0.1, 0.15) is 11.7 Å². The highest BCUT2D eigenvalue weighted by Gasteiger charge is 2.38. The number of anilines is 2. The molecule has 0 radical (unpaired) electrons. The third-order valence-electron chi connectivity index (χ3n) is 8.38. The van der Waals surface area contributed by atoms with E-state index in [0.29, 0.717) is 42.8 Å². The number of rotatable bonds is 12. The number of amides is 2. The maximum Gasteiger partial charge on any atom is 0.423 e. The Morgan fingerprint density at radius 2 is 1.70 bits per heavy atom. The van der Waals surface area contributed by atoms with Crippen molar-refractivity contribution in [1.82, 2.24) is 35.2 Å². The smallest absolute Gasteiger partial charge is 0.423 e. The summed E-state index contributed by atoms with van der Waals surface area (Å²) in [6.07, 6.45) is 4.01. The van der Waals surface area contributed by atoms with Crippen LogP contribution in [0.3, 0.4) is 0 Å². The minimum atomic E-state index is -4.67. The summed E-state index contributed by atoms with van der Waals surface area (Å²) in [5.41, 5.74) is 0.961. The van der Waals surface area contributed by atoms with Crippen LogP contribution in [-0.4, -0.2) is 88.2 Å². The van der Waals surface area contributed by atoms with Crippen LogP contribution < -0.4 is 25.0 Å². The van der Waals surface area contributed by atoms with Crippen LogP contribution >= 0.6 is 0 Å². The maximum absolute atomic E-state index is 14.1. The Bertz CT molecular complexity index is 1710. The molecular formula is C33H36F3N9O5. The standard InChI is InChI=1S/C33H36F3N9O5/c1-47-19-27(20-6-4-3-5-7-20)43-32(46)45(28-16-37-26(15-38-28)21-12-40-31(48-2)41-13-21)23-10-8-22(9-11-23)42-30-39-14-25(33(34,35)36)29(44-30)50-24-17-49-18-24/h3-7,12-16,22-24,27H,8-11,17-19H2,1-2H3,(H,43,46)(H,39,42,44)/t22?,23?,27-/m0/s1. The van der Waals surface area contributed by atoms with Crippen LogP contribution in [0.1, 0.15) is 42.9 Å². The van der Waals surface area contributed by atoms with Crippen molar-refractivity contribution in [3.63, 3.8) is 0 Å². The third kappa shape index (κ3) is 8.34. The fourth-order valence-corrected chi connectivity index (χ4v) is 5.72. The third-order valence-corrected chi connectivity index (χ3v) is 8.38. The Kier molecular flexibility index (Phi) is 10.8. The van der Waals surface area contributed by atoms with E-state index in [1.807, 2.05) is 30.3 Å². The number of halogens is 3. The highest BCUT2D eigenvalue weighted by molar-refractivity contribution is 5.92. The average molecular weight is 696 g/mol. The molecule has 1 aliphatic heterocycles. The molecule has 1 aromatic carbocycles. The molecule has 3 aromatic heterocycles. The molecule has 6 rings (SSSR count). The highest BCUT2D eigenvalue weighted by atomic mass is 19.4. The second-order valence-electron chi connectivity index (χ2n) is 11.8. The quantitative estimate of drug-likeness (QED) is 0.208. The van der Waals surface area contributed by atoms with Gasteiger partial charge < -0.3 is 29.6 Å². The molecule has 4 aromatic rings. The second-order valence-corrected chi connectivity index (χ2v) is 11.8. The molecule has 1 atom stereocenters. The Labute approximate surface area is 285 Å². The lowest BCUT2D eigenvalue weighted by molar-refractivity contribution is -0.142. The molecule has 2 aliphatic rings. The minimum absolute atomic E-state index is 0.0283. The van der Waals surface area contributed by atoms with Crippen molar-refractivity contribution >= 4 is 17.8 Å². The number of alkyl halides is 3. The van der Waals surface area contributed by atoms with E-state index in [9.17, 15) is 18.0 Å². The predicted octanol–water partition coefficient (Wildman–Crippen LogP) is 4.86. The van der Waals surface area contributed by atoms with Gasteiger partial charge in [0.25, 0.3) is 0 Å². The first-order valence-corrected chi connectivity index (χ1v) is 16.0. The van der Waals surface area contributed by atoms with Crippen molar-refractivity contribution in [3.05, 3.63) is 72.4 Å². The van der Waals surface area contributed by atoms with Crippen molar-refractivity contribution in [3.8, 4) is 23.1 Å². The van der Waals surface area contributed by atoms with Gasteiger partial charge in [0.2, 0.25) is 11.8 Å². The highest BCUT2D eigenvalue weighted by Crippen LogP contribution is 2.36. The molecule has 0 unspecified atom stereocenters. The number of methoxy groups -OCH3 is 2. The molecule has 2 N–H and O–H groups in total. The molecule has 14 nitrogen and oxygen atoms in total. The van der Waals surface area contributed by atoms with E-state index in [1.165, 1.54) is 13.3 Å². The molecule has 0 bridgehead atoms. The summed E-state index contributed by atoms with van der Waals surface area (Å²) in [5.74, 6) is -0.165. The van der Waals surface area contributed by atoms with Crippen molar-refractivity contribution in [2.75, 3.05) is 44.3 Å². The summed E-state index contributed by atoms with van der Waals surface area (Å²) in [7, 11) is 3.04. The number of aromatic nitrogens is 6. The molecular weight excluding hydrogens is 659 g/mol. The summed E-state index contributed by atoms with van der Waals surface area (Å²) in [6, 6.07) is 8.47. The summed E-state index contributed by atoms with van der Waals surface area (Å²) in [6.45, 7) is 0.631. The van der Waals surface area contributed by atoms with E-state index in [0.717, 1.165) is 11.8 Å². The molecule has 4 heterocycles. The van der Waals surface area contributed by atoms with E-state index < -0.39 is 29.8 Å². The molecule has 0 spiro atoms. The zero-order chi connectivity index (χ0) is 35.1. The number of benzene rings is 1. The first kappa shape index (κ1) is 34.7. The Balaban J connectivity index is 1.19. The molecule has 50 heavy (non-hydrogen) atoms. The van der Waals surface area contributed by atoms with Crippen LogP contribution in [0.4, 0.5) is 29.7 Å². The van der Waals surface area contributed by atoms with Crippen molar-refractivity contribution in [2.45, 2.75) is 56.1 Å². The molecule has 1 saturated carbocycles. The number of nitrogens with one attached hydrogen (secondary N) is 2. The number of ether oxygens (including phenoxy) is 4. The predicted molar refractivity (Wildman–Crippen MR) is 174 cm³/mol. The van der Waals surface area contributed by atoms with Gasteiger partial charge in [-0.05, 0) is 31.2 Å². The van der Waals surface area contributed by atoms with E-state index in [1.54, 1.807) is 30.6 Å². The van der Waals surface area contributed by atoms with E-state index in [-0.39, 0.29) is 49.9 Å². The molecule has 1 aliphatic carbocycles. The Morgan fingerprint density at radius 3 is 2.30 bits per heavy atom. The van der Waals surface area contributed by atoms with E-state index >= 15 is 0 Å². The molecule has 264 valence electrons. The molecule has 1 saturated heterocycles. The lowest BCUT2D eigenvalue weighted by Crippen LogP contribution is -2.50.